The topological polar surface area (TPSA) is 12.9 Å². The Bertz CT molecular complexity index is 904. The maximum absolute atomic E-state index is 4.81. The Morgan fingerprint density at radius 1 is 0.857 bits per heavy atom. The summed E-state index contributed by atoms with van der Waals surface area (Å²) in [5, 5.41) is 3.35. The van der Waals surface area contributed by atoms with Gasteiger partial charge in [0.25, 0.3) is 0 Å². The van der Waals surface area contributed by atoms with Gasteiger partial charge in [-0.1, -0.05) is 24.3 Å². The van der Waals surface area contributed by atoms with Gasteiger partial charge in [0.05, 0.1) is 16.1 Å². The summed E-state index contributed by atoms with van der Waals surface area (Å²) in [5.41, 5.74) is 3.42. The van der Waals surface area contributed by atoms with Gasteiger partial charge in [0.1, 0.15) is 0 Å². The summed E-state index contributed by atoms with van der Waals surface area (Å²) < 4.78 is 0. The van der Waals surface area contributed by atoms with Crippen LogP contribution in [0.5, 0.6) is 0 Å². The number of aryl methyl sites for hydroxylation is 1. The standard InChI is InChI=1S/C18H13NS2/c1-12-11-15(19-14-6-3-2-5-13(12)14)16-8-9-18(21-16)17-7-4-10-20-17/h2-11H,1H3. The fraction of sp³-hybridized carbons (Fsp3) is 0.0556. The number of hydrogen-bond donors (Lipinski definition) is 0. The van der Waals surface area contributed by atoms with E-state index in [1.54, 1.807) is 11.3 Å². The maximum Gasteiger partial charge on any atom is 0.0812 e. The van der Waals surface area contributed by atoms with Crippen molar-refractivity contribution in [1.82, 2.24) is 4.98 Å². The van der Waals surface area contributed by atoms with Crippen LogP contribution in [0.15, 0.2) is 60.0 Å². The lowest BCUT2D eigenvalue weighted by Crippen LogP contribution is -1.86. The summed E-state index contributed by atoms with van der Waals surface area (Å²) in [7, 11) is 0. The van der Waals surface area contributed by atoms with Crippen molar-refractivity contribution in [3.8, 4) is 20.3 Å². The number of nitrogens with zero attached hydrogens (tertiary/aromatic N) is 1. The Morgan fingerprint density at radius 2 is 1.71 bits per heavy atom. The molecule has 3 heteroatoms. The lowest BCUT2D eigenvalue weighted by atomic mass is 10.1. The highest BCUT2D eigenvalue weighted by Crippen LogP contribution is 2.36. The molecule has 0 N–H and O–H groups in total. The molecule has 3 heterocycles. The first-order valence-corrected chi connectivity index (χ1v) is 8.51. The Kier molecular flexibility index (Phi) is 3.09. The lowest BCUT2D eigenvalue weighted by Gasteiger charge is -2.04. The largest absolute Gasteiger partial charge is 0.247 e. The van der Waals surface area contributed by atoms with Crippen molar-refractivity contribution in [2.75, 3.05) is 0 Å². The molecule has 0 aliphatic carbocycles. The number of rotatable bonds is 2. The average Bonchev–Trinajstić information content (AvgIpc) is 3.18. The molecule has 4 aromatic rings. The summed E-state index contributed by atoms with van der Waals surface area (Å²) >= 11 is 3.59. The van der Waals surface area contributed by atoms with Crippen molar-refractivity contribution in [1.29, 1.82) is 0 Å². The van der Waals surface area contributed by atoms with Gasteiger partial charge in [-0.15, -0.1) is 22.7 Å². The van der Waals surface area contributed by atoms with Crippen LogP contribution in [-0.2, 0) is 0 Å². The highest BCUT2D eigenvalue weighted by Gasteiger charge is 2.09. The number of hydrogen-bond acceptors (Lipinski definition) is 3. The van der Waals surface area contributed by atoms with Crippen molar-refractivity contribution in [3.63, 3.8) is 0 Å². The van der Waals surface area contributed by atoms with E-state index in [-0.39, 0.29) is 0 Å². The molecule has 0 saturated carbocycles. The van der Waals surface area contributed by atoms with E-state index in [1.165, 1.54) is 25.6 Å². The van der Waals surface area contributed by atoms with E-state index in [0.717, 1.165) is 11.2 Å². The third-order valence-corrected chi connectivity index (χ3v) is 5.72. The Morgan fingerprint density at radius 3 is 2.57 bits per heavy atom. The summed E-state index contributed by atoms with van der Waals surface area (Å²) in [6.07, 6.45) is 0. The zero-order valence-corrected chi connectivity index (χ0v) is 13.2. The van der Waals surface area contributed by atoms with Crippen LogP contribution in [0.1, 0.15) is 5.56 Å². The normalized spacial score (nSPS) is 11.1. The summed E-state index contributed by atoms with van der Waals surface area (Å²) in [5.74, 6) is 0. The van der Waals surface area contributed by atoms with Crippen LogP contribution < -0.4 is 0 Å². The zero-order valence-electron chi connectivity index (χ0n) is 11.5. The molecule has 0 aliphatic heterocycles. The molecule has 0 spiro atoms. The molecule has 1 aromatic carbocycles. The van der Waals surface area contributed by atoms with Gasteiger partial charge >= 0.3 is 0 Å². The number of para-hydroxylation sites is 1. The van der Waals surface area contributed by atoms with Crippen LogP contribution in [-0.4, -0.2) is 4.98 Å². The first-order chi connectivity index (χ1) is 10.3. The molecule has 0 unspecified atom stereocenters. The Hall–Kier alpha value is -1.97. The van der Waals surface area contributed by atoms with Crippen molar-refractivity contribution in [2.24, 2.45) is 0 Å². The highest BCUT2D eigenvalue weighted by atomic mass is 32.1. The predicted molar refractivity (Wildman–Crippen MR) is 93.1 cm³/mol. The van der Waals surface area contributed by atoms with E-state index in [0.29, 0.717) is 0 Å². The second-order valence-corrected chi connectivity index (χ2v) is 7.01. The molecule has 0 radical (unpaired) electrons. The average molecular weight is 307 g/mol. The summed E-state index contributed by atoms with van der Waals surface area (Å²) in [6.45, 7) is 2.15. The molecule has 1 nitrogen and oxygen atoms in total. The molecule has 0 fully saturated rings. The minimum Gasteiger partial charge on any atom is -0.247 e. The molecular weight excluding hydrogens is 294 g/mol. The van der Waals surface area contributed by atoms with E-state index >= 15 is 0 Å². The minimum absolute atomic E-state index is 1.07. The minimum atomic E-state index is 1.07. The first-order valence-electron chi connectivity index (χ1n) is 6.82. The molecule has 21 heavy (non-hydrogen) atoms. The molecule has 0 atom stereocenters. The Balaban J connectivity index is 1.83. The second kappa shape index (κ2) is 5.10. The quantitative estimate of drug-likeness (QED) is 0.442. The van der Waals surface area contributed by atoms with Gasteiger partial charge < -0.3 is 0 Å². The van der Waals surface area contributed by atoms with Crippen molar-refractivity contribution >= 4 is 33.6 Å². The van der Waals surface area contributed by atoms with E-state index in [9.17, 15) is 0 Å². The molecule has 0 amide bonds. The van der Waals surface area contributed by atoms with E-state index in [4.69, 9.17) is 4.98 Å². The van der Waals surface area contributed by atoms with Crippen LogP contribution in [0.25, 0.3) is 31.2 Å². The maximum atomic E-state index is 4.81. The zero-order chi connectivity index (χ0) is 14.2. The van der Waals surface area contributed by atoms with Crippen molar-refractivity contribution in [3.05, 3.63) is 65.5 Å². The first kappa shape index (κ1) is 12.7. The number of benzene rings is 1. The highest BCUT2D eigenvalue weighted by molar-refractivity contribution is 7.23. The van der Waals surface area contributed by atoms with Gasteiger partial charge in [-0.2, -0.15) is 0 Å². The predicted octanol–water partition coefficient (Wildman–Crippen LogP) is 6.00. The Labute approximate surface area is 131 Å². The van der Waals surface area contributed by atoms with Gasteiger partial charge in [0.2, 0.25) is 0 Å². The molecule has 4 rings (SSSR count). The molecule has 3 aromatic heterocycles. The summed E-state index contributed by atoms with van der Waals surface area (Å²) in [4.78, 5) is 8.68. The molecular formula is C18H13NS2. The van der Waals surface area contributed by atoms with Gasteiger partial charge in [0.15, 0.2) is 0 Å². The van der Waals surface area contributed by atoms with Crippen LogP contribution in [0.4, 0.5) is 0 Å². The molecule has 0 aliphatic rings. The third-order valence-electron chi connectivity index (χ3n) is 3.55. The molecule has 102 valence electrons. The van der Waals surface area contributed by atoms with Gasteiger partial charge in [0, 0.05) is 15.1 Å². The number of aromatic nitrogens is 1. The monoisotopic (exact) mass is 307 g/mol. The fourth-order valence-corrected chi connectivity index (χ4v) is 4.30. The van der Waals surface area contributed by atoms with Gasteiger partial charge in [-0.25, -0.2) is 4.98 Å². The number of fused-ring (bicyclic) bond motifs is 1. The van der Waals surface area contributed by atoms with Crippen LogP contribution in [0.2, 0.25) is 0 Å². The molecule has 0 saturated heterocycles. The van der Waals surface area contributed by atoms with Gasteiger partial charge in [-0.3, -0.25) is 0 Å². The van der Waals surface area contributed by atoms with E-state index in [2.05, 4.69) is 60.8 Å². The number of thiophene rings is 2. The third kappa shape index (κ3) is 2.28. The smallest absolute Gasteiger partial charge is 0.0812 e. The van der Waals surface area contributed by atoms with Crippen LogP contribution in [0.3, 0.4) is 0 Å². The fourth-order valence-electron chi connectivity index (χ4n) is 2.50. The van der Waals surface area contributed by atoms with Crippen LogP contribution in [0, 0.1) is 6.92 Å². The lowest BCUT2D eigenvalue weighted by molar-refractivity contribution is 1.38. The van der Waals surface area contributed by atoms with E-state index < -0.39 is 0 Å². The second-order valence-electron chi connectivity index (χ2n) is 4.98. The van der Waals surface area contributed by atoms with Gasteiger partial charge in [-0.05, 0) is 48.2 Å². The molecule has 0 bridgehead atoms. The number of pyridine rings is 1. The summed E-state index contributed by atoms with van der Waals surface area (Å²) in [6, 6.07) is 19.1. The van der Waals surface area contributed by atoms with Crippen molar-refractivity contribution < 1.29 is 0 Å². The van der Waals surface area contributed by atoms with Crippen molar-refractivity contribution in [2.45, 2.75) is 6.92 Å². The van der Waals surface area contributed by atoms with Crippen LogP contribution >= 0.6 is 22.7 Å². The van der Waals surface area contributed by atoms with E-state index in [1.807, 2.05) is 17.4 Å². The SMILES string of the molecule is Cc1cc(-c2ccc(-c3cccs3)s2)nc2ccccc12.